The summed E-state index contributed by atoms with van der Waals surface area (Å²) < 4.78 is 3.44. The topological polar surface area (TPSA) is 17.8 Å². The average Bonchev–Trinajstić information content (AvgIpc) is 2.78. The Bertz CT molecular complexity index is 594. The normalized spacial score (nSPS) is 13.7. The molecule has 1 aromatic heterocycles. The van der Waals surface area contributed by atoms with Crippen LogP contribution in [0.5, 0.6) is 0 Å². The van der Waals surface area contributed by atoms with E-state index in [1.54, 1.807) is 0 Å². The smallest absolute Gasteiger partial charge is 0.140 e. The Hall–Kier alpha value is -1.35. The molecule has 3 rings (SSSR count). The molecule has 2 aromatic rings. The molecule has 1 heterocycles. The van der Waals surface area contributed by atoms with Crippen molar-refractivity contribution in [1.29, 1.82) is 0 Å². The zero-order valence-corrected chi connectivity index (χ0v) is 11.9. The van der Waals surface area contributed by atoms with Crippen molar-refractivity contribution >= 4 is 22.0 Å². The lowest BCUT2D eigenvalue weighted by molar-refractivity contribution is 0.712. The predicted octanol–water partition coefficient (Wildman–Crippen LogP) is 4.29. The van der Waals surface area contributed by atoms with Gasteiger partial charge in [0.05, 0.1) is 5.69 Å². The SMILES string of the molecule is CCn1c(-c2ccc(Br)cc2)nc2c1CCC=C2. The van der Waals surface area contributed by atoms with E-state index in [0.29, 0.717) is 0 Å². The van der Waals surface area contributed by atoms with E-state index in [2.05, 4.69) is 63.8 Å². The third-order valence-electron chi connectivity index (χ3n) is 3.35. The van der Waals surface area contributed by atoms with E-state index < -0.39 is 0 Å². The molecule has 2 nitrogen and oxygen atoms in total. The van der Waals surface area contributed by atoms with Gasteiger partial charge in [0.1, 0.15) is 5.82 Å². The van der Waals surface area contributed by atoms with E-state index in [9.17, 15) is 0 Å². The van der Waals surface area contributed by atoms with E-state index in [-0.39, 0.29) is 0 Å². The third-order valence-corrected chi connectivity index (χ3v) is 3.87. The van der Waals surface area contributed by atoms with Gasteiger partial charge < -0.3 is 4.57 Å². The van der Waals surface area contributed by atoms with E-state index in [4.69, 9.17) is 4.98 Å². The summed E-state index contributed by atoms with van der Waals surface area (Å²) in [5.41, 5.74) is 3.70. The fourth-order valence-corrected chi connectivity index (χ4v) is 2.74. The molecule has 0 radical (unpaired) electrons. The first-order chi connectivity index (χ1) is 8.79. The van der Waals surface area contributed by atoms with Crippen LogP contribution < -0.4 is 0 Å². The van der Waals surface area contributed by atoms with Crippen LogP contribution in [0.1, 0.15) is 24.7 Å². The summed E-state index contributed by atoms with van der Waals surface area (Å²) in [4.78, 5) is 4.78. The monoisotopic (exact) mass is 302 g/mol. The lowest BCUT2D eigenvalue weighted by atomic mass is 10.1. The minimum absolute atomic E-state index is 0.974. The lowest BCUT2D eigenvalue weighted by Crippen LogP contribution is -2.04. The quantitative estimate of drug-likeness (QED) is 0.809. The summed E-state index contributed by atoms with van der Waals surface area (Å²) in [6, 6.07) is 8.37. The van der Waals surface area contributed by atoms with Crippen LogP contribution in [0.4, 0.5) is 0 Å². The number of nitrogens with zero attached hydrogens (tertiary/aromatic N) is 2. The summed E-state index contributed by atoms with van der Waals surface area (Å²) in [6.07, 6.45) is 6.58. The molecule has 18 heavy (non-hydrogen) atoms. The van der Waals surface area contributed by atoms with Crippen LogP contribution in [0.15, 0.2) is 34.8 Å². The van der Waals surface area contributed by atoms with Crippen molar-refractivity contribution in [3.63, 3.8) is 0 Å². The highest BCUT2D eigenvalue weighted by molar-refractivity contribution is 9.10. The molecule has 0 atom stereocenters. The Balaban J connectivity index is 2.14. The Labute approximate surface area is 115 Å². The van der Waals surface area contributed by atoms with Gasteiger partial charge >= 0.3 is 0 Å². The highest BCUT2D eigenvalue weighted by Gasteiger charge is 2.17. The van der Waals surface area contributed by atoms with E-state index in [1.807, 2.05) is 0 Å². The highest BCUT2D eigenvalue weighted by atomic mass is 79.9. The van der Waals surface area contributed by atoms with Gasteiger partial charge in [-0.05, 0) is 38.0 Å². The maximum absolute atomic E-state index is 4.78. The second-order valence-electron chi connectivity index (χ2n) is 4.46. The minimum atomic E-state index is 0.974. The highest BCUT2D eigenvalue weighted by Crippen LogP contribution is 2.27. The maximum Gasteiger partial charge on any atom is 0.140 e. The minimum Gasteiger partial charge on any atom is -0.328 e. The Kier molecular flexibility index (Phi) is 3.08. The molecule has 0 amide bonds. The number of aromatic nitrogens is 2. The van der Waals surface area contributed by atoms with Gasteiger partial charge in [-0.15, -0.1) is 0 Å². The number of rotatable bonds is 2. The second kappa shape index (κ2) is 4.73. The van der Waals surface area contributed by atoms with Crippen molar-refractivity contribution < 1.29 is 0 Å². The summed E-state index contributed by atoms with van der Waals surface area (Å²) in [5, 5.41) is 0. The largest absolute Gasteiger partial charge is 0.328 e. The molecular weight excluding hydrogens is 288 g/mol. The summed E-state index contributed by atoms with van der Waals surface area (Å²) in [6.45, 7) is 3.16. The molecule has 0 fully saturated rings. The van der Waals surface area contributed by atoms with Crippen molar-refractivity contribution in [2.45, 2.75) is 26.3 Å². The van der Waals surface area contributed by atoms with Crippen LogP contribution >= 0.6 is 15.9 Å². The maximum atomic E-state index is 4.78. The van der Waals surface area contributed by atoms with Gasteiger partial charge in [0.25, 0.3) is 0 Å². The number of halogens is 1. The van der Waals surface area contributed by atoms with Crippen molar-refractivity contribution in [2.24, 2.45) is 0 Å². The van der Waals surface area contributed by atoms with Gasteiger partial charge in [0, 0.05) is 22.3 Å². The fraction of sp³-hybridized carbons (Fsp3) is 0.267. The Morgan fingerprint density at radius 1 is 1.28 bits per heavy atom. The number of benzene rings is 1. The van der Waals surface area contributed by atoms with Crippen LogP contribution in [-0.2, 0) is 13.0 Å². The van der Waals surface area contributed by atoms with Gasteiger partial charge in [-0.3, -0.25) is 0 Å². The molecular formula is C15H15BrN2. The van der Waals surface area contributed by atoms with Crippen LogP contribution in [0, 0.1) is 0 Å². The van der Waals surface area contributed by atoms with Gasteiger partial charge in [0.2, 0.25) is 0 Å². The first kappa shape index (κ1) is 11.7. The Morgan fingerprint density at radius 2 is 2.06 bits per heavy atom. The molecule has 1 aromatic carbocycles. The number of fused-ring (bicyclic) bond motifs is 1. The zero-order chi connectivity index (χ0) is 12.5. The predicted molar refractivity (Wildman–Crippen MR) is 78.4 cm³/mol. The van der Waals surface area contributed by atoms with Crippen molar-refractivity contribution in [3.8, 4) is 11.4 Å². The van der Waals surface area contributed by atoms with E-state index in [1.165, 1.54) is 11.3 Å². The summed E-state index contributed by atoms with van der Waals surface area (Å²) in [5.74, 6) is 1.08. The first-order valence-corrected chi connectivity index (χ1v) is 7.10. The van der Waals surface area contributed by atoms with Crippen molar-refractivity contribution in [1.82, 2.24) is 9.55 Å². The van der Waals surface area contributed by atoms with Gasteiger partial charge in [-0.1, -0.05) is 34.1 Å². The summed E-state index contributed by atoms with van der Waals surface area (Å²) in [7, 11) is 0. The molecule has 0 saturated heterocycles. The van der Waals surface area contributed by atoms with Crippen molar-refractivity contribution in [2.75, 3.05) is 0 Å². The van der Waals surface area contributed by atoms with Crippen LogP contribution in [-0.4, -0.2) is 9.55 Å². The molecule has 0 N–H and O–H groups in total. The fourth-order valence-electron chi connectivity index (χ4n) is 2.48. The standard InChI is InChI=1S/C15H15BrN2/c1-2-18-14-6-4-3-5-13(14)17-15(18)11-7-9-12(16)10-8-11/h3,5,7-10H,2,4,6H2,1H3. The molecule has 0 unspecified atom stereocenters. The number of hydrogen-bond acceptors (Lipinski definition) is 1. The van der Waals surface area contributed by atoms with Crippen LogP contribution in [0.2, 0.25) is 0 Å². The van der Waals surface area contributed by atoms with Crippen LogP contribution in [0.3, 0.4) is 0 Å². The van der Waals surface area contributed by atoms with Gasteiger partial charge in [0.15, 0.2) is 0 Å². The number of imidazole rings is 1. The Morgan fingerprint density at radius 3 is 2.78 bits per heavy atom. The van der Waals surface area contributed by atoms with E-state index >= 15 is 0 Å². The summed E-state index contributed by atoms with van der Waals surface area (Å²) >= 11 is 3.47. The van der Waals surface area contributed by atoms with Gasteiger partial charge in [-0.25, -0.2) is 4.98 Å². The number of allylic oxidation sites excluding steroid dienone is 1. The molecule has 0 spiro atoms. The van der Waals surface area contributed by atoms with Crippen LogP contribution in [0.25, 0.3) is 17.5 Å². The molecule has 1 aliphatic carbocycles. The van der Waals surface area contributed by atoms with Gasteiger partial charge in [-0.2, -0.15) is 0 Å². The van der Waals surface area contributed by atoms with E-state index in [0.717, 1.165) is 35.4 Å². The zero-order valence-electron chi connectivity index (χ0n) is 10.4. The molecule has 3 heteroatoms. The lowest BCUT2D eigenvalue weighted by Gasteiger charge is -2.11. The number of hydrogen-bond donors (Lipinski definition) is 0. The second-order valence-corrected chi connectivity index (χ2v) is 5.38. The molecule has 0 aliphatic heterocycles. The molecule has 92 valence electrons. The molecule has 1 aliphatic rings. The van der Waals surface area contributed by atoms with Crippen molar-refractivity contribution in [3.05, 3.63) is 46.2 Å². The average molecular weight is 303 g/mol. The molecule has 0 saturated carbocycles. The first-order valence-electron chi connectivity index (χ1n) is 6.31. The molecule has 0 bridgehead atoms. The third kappa shape index (κ3) is 1.93.